The van der Waals surface area contributed by atoms with Gasteiger partial charge in [0.25, 0.3) is 5.91 Å². The van der Waals surface area contributed by atoms with E-state index in [4.69, 9.17) is 5.73 Å². The fourth-order valence-corrected chi connectivity index (χ4v) is 5.50. The first-order chi connectivity index (χ1) is 24.0. The number of hydrogen-bond donors (Lipinski definition) is 5. The van der Waals surface area contributed by atoms with Crippen molar-refractivity contribution in [2.75, 3.05) is 6.54 Å². The Kier molecular flexibility index (Phi) is 13.4. The number of fused-ring (bicyclic) bond motifs is 1. The van der Waals surface area contributed by atoms with Crippen molar-refractivity contribution in [3.05, 3.63) is 120 Å². The minimum atomic E-state index is -1.23. The minimum absolute atomic E-state index is 0.0521. The number of ketones is 1. The normalized spacial score (nSPS) is 13.2. The summed E-state index contributed by atoms with van der Waals surface area (Å²) in [6.45, 7) is 2.93. The first-order valence-corrected chi connectivity index (χ1v) is 16.6. The van der Waals surface area contributed by atoms with Gasteiger partial charge in [-0.05, 0) is 33.4 Å². The molecule has 0 spiro atoms. The molecule has 4 atom stereocenters. The lowest BCUT2D eigenvalue weighted by Crippen LogP contribution is -2.57. The van der Waals surface area contributed by atoms with Crippen LogP contribution in [0.3, 0.4) is 0 Å². The Labute approximate surface area is 291 Å². The van der Waals surface area contributed by atoms with E-state index in [0.717, 1.165) is 27.5 Å². The maximum absolute atomic E-state index is 13.6. The van der Waals surface area contributed by atoms with E-state index in [-0.39, 0.29) is 25.2 Å². The third-order valence-electron chi connectivity index (χ3n) is 8.50. The van der Waals surface area contributed by atoms with Crippen molar-refractivity contribution in [1.82, 2.24) is 21.3 Å². The van der Waals surface area contributed by atoms with Crippen LogP contribution in [0.4, 0.5) is 0 Å². The SMILES string of the molecule is CCC(C)C(NC(=O)C(Cc1ccccc1)NC(=O)Cc1ccccc1)C(=O)C(=O)NCC(=O)NC(Cc1ccc2ccccc2c1)C(N)=O. The molecule has 50 heavy (non-hydrogen) atoms. The van der Waals surface area contributed by atoms with Crippen LogP contribution >= 0.6 is 0 Å². The van der Waals surface area contributed by atoms with E-state index in [2.05, 4.69) is 21.3 Å². The Hall–Kier alpha value is -5.84. The van der Waals surface area contributed by atoms with E-state index >= 15 is 0 Å². The van der Waals surface area contributed by atoms with Gasteiger partial charge in [-0.3, -0.25) is 28.8 Å². The van der Waals surface area contributed by atoms with E-state index in [1.165, 1.54) is 0 Å². The number of Topliss-reactive ketones (excluding diaryl/α,β-unsaturated/α-hetero) is 1. The van der Waals surface area contributed by atoms with Crippen molar-refractivity contribution in [2.24, 2.45) is 11.7 Å². The van der Waals surface area contributed by atoms with Crippen molar-refractivity contribution in [2.45, 2.75) is 57.7 Å². The number of nitrogens with one attached hydrogen (secondary N) is 4. The van der Waals surface area contributed by atoms with E-state index in [1.807, 2.05) is 97.9 Å². The summed E-state index contributed by atoms with van der Waals surface area (Å²) in [6, 6.07) is 28.2. The average molecular weight is 678 g/mol. The van der Waals surface area contributed by atoms with Gasteiger partial charge in [0.15, 0.2) is 0 Å². The van der Waals surface area contributed by atoms with Crippen LogP contribution in [0.15, 0.2) is 103 Å². The maximum atomic E-state index is 13.6. The number of carbonyl (C=O) groups is 6. The van der Waals surface area contributed by atoms with Gasteiger partial charge >= 0.3 is 0 Å². The second-order valence-corrected chi connectivity index (χ2v) is 12.3. The summed E-state index contributed by atoms with van der Waals surface area (Å²) >= 11 is 0. The molecule has 11 heteroatoms. The molecule has 0 saturated carbocycles. The highest BCUT2D eigenvalue weighted by atomic mass is 16.2. The quantitative estimate of drug-likeness (QED) is 0.107. The first-order valence-electron chi connectivity index (χ1n) is 16.6. The number of rotatable bonds is 17. The van der Waals surface area contributed by atoms with E-state index < -0.39 is 60.0 Å². The minimum Gasteiger partial charge on any atom is -0.368 e. The molecule has 0 aliphatic heterocycles. The van der Waals surface area contributed by atoms with Crippen LogP contribution in [0, 0.1) is 5.92 Å². The van der Waals surface area contributed by atoms with Crippen LogP contribution in [0.25, 0.3) is 10.8 Å². The molecule has 0 fully saturated rings. The molecule has 0 aliphatic carbocycles. The highest BCUT2D eigenvalue weighted by molar-refractivity contribution is 6.38. The molecule has 5 amide bonds. The molecule has 4 rings (SSSR count). The topological polar surface area (TPSA) is 177 Å². The zero-order valence-electron chi connectivity index (χ0n) is 28.2. The van der Waals surface area contributed by atoms with Gasteiger partial charge < -0.3 is 27.0 Å². The van der Waals surface area contributed by atoms with Crippen LogP contribution in [0.2, 0.25) is 0 Å². The molecule has 6 N–H and O–H groups in total. The van der Waals surface area contributed by atoms with E-state index in [9.17, 15) is 28.8 Å². The van der Waals surface area contributed by atoms with Gasteiger partial charge in [-0.25, -0.2) is 0 Å². The zero-order valence-corrected chi connectivity index (χ0v) is 28.2. The largest absolute Gasteiger partial charge is 0.368 e. The second kappa shape index (κ2) is 18.1. The molecule has 11 nitrogen and oxygen atoms in total. The monoisotopic (exact) mass is 677 g/mol. The predicted molar refractivity (Wildman–Crippen MR) is 190 cm³/mol. The van der Waals surface area contributed by atoms with E-state index in [0.29, 0.717) is 6.42 Å². The summed E-state index contributed by atoms with van der Waals surface area (Å²) < 4.78 is 0. The van der Waals surface area contributed by atoms with Gasteiger partial charge in [0, 0.05) is 12.8 Å². The highest BCUT2D eigenvalue weighted by Gasteiger charge is 2.33. The molecule has 4 unspecified atom stereocenters. The van der Waals surface area contributed by atoms with Gasteiger partial charge in [-0.2, -0.15) is 0 Å². The van der Waals surface area contributed by atoms with Crippen LogP contribution in [-0.2, 0) is 48.0 Å². The number of hydrogen-bond acceptors (Lipinski definition) is 6. The fraction of sp³-hybridized carbons (Fsp3) is 0.282. The van der Waals surface area contributed by atoms with Crippen LogP contribution in [0.1, 0.15) is 37.0 Å². The molecular formula is C39H43N5O6. The third-order valence-corrected chi connectivity index (χ3v) is 8.50. The highest BCUT2D eigenvalue weighted by Crippen LogP contribution is 2.17. The number of benzene rings is 4. The summed E-state index contributed by atoms with van der Waals surface area (Å²) in [5.74, 6) is -4.96. The lowest BCUT2D eigenvalue weighted by atomic mass is 9.94. The Morgan fingerprint density at radius 1 is 0.640 bits per heavy atom. The number of amides is 5. The molecular weight excluding hydrogens is 634 g/mol. The molecule has 0 heterocycles. The van der Waals surface area contributed by atoms with Crippen LogP contribution in [-0.4, -0.2) is 60.0 Å². The van der Waals surface area contributed by atoms with Crippen LogP contribution in [0.5, 0.6) is 0 Å². The molecule has 0 aliphatic rings. The Morgan fingerprint density at radius 3 is 1.86 bits per heavy atom. The van der Waals surface area contributed by atoms with E-state index in [1.54, 1.807) is 19.1 Å². The van der Waals surface area contributed by atoms with Gasteiger partial charge in [0.05, 0.1) is 19.0 Å². The predicted octanol–water partition coefficient (Wildman–Crippen LogP) is 2.54. The third kappa shape index (κ3) is 10.8. The van der Waals surface area contributed by atoms with Crippen molar-refractivity contribution in [3.8, 4) is 0 Å². The summed E-state index contributed by atoms with van der Waals surface area (Å²) in [5, 5.41) is 12.3. The summed E-state index contributed by atoms with van der Waals surface area (Å²) in [5.41, 5.74) is 7.90. The standard InChI is InChI=1S/C39H43N5O6/c1-3-25(2)35(44-38(49)32(21-26-12-6-4-7-13-26)43-33(45)23-27-14-8-5-9-15-27)36(47)39(50)41-24-34(46)42-31(37(40)48)22-28-18-19-29-16-10-11-17-30(29)20-28/h4-20,25,31-32,35H,3,21-24H2,1-2H3,(H2,40,48)(H,41,50)(H,42,46)(H,43,45)(H,44,49). The lowest BCUT2D eigenvalue weighted by Gasteiger charge is -2.26. The molecule has 0 aromatic heterocycles. The smallest absolute Gasteiger partial charge is 0.290 e. The van der Waals surface area contributed by atoms with Crippen molar-refractivity contribution >= 4 is 46.1 Å². The number of nitrogens with two attached hydrogens (primary N) is 1. The Balaban J connectivity index is 1.38. The van der Waals surface area contributed by atoms with Gasteiger partial charge in [0.2, 0.25) is 29.4 Å². The van der Waals surface area contributed by atoms with Gasteiger partial charge in [-0.15, -0.1) is 0 Å². The zero-order chi connectivity index (χ0) is 36.0. The van der Waals surface area contributed by atoms with Crippen molar-refractivity contribution in [1.29, 1.82) is 0 Å². The van der Waals surface area contributed by atoms with Crippen molar-refractivity contribution in [3.63, 3.8) is 0 Å². The molecule has 4 aromatic rings. The Morgan fingerprint density at radius 2 is 1.22 bits per heavy atom. The molecule has 0 bridgehead atoms. The van der Waals surface area contributed by atoms with Crippen molar-refractivity contribution < 1.29 is 28.8 Å². The lowest BCUT2D eigenvalue weighted by molar-refractivity contribution is -0.141. The first kappa shape index (κ1) is 37.0. The maximum Gasteiger partial charge on any atom is 0.290 e. The fourth-order valence-electron chi connectivity index (χ4n) is 5.50. The second-order valence-electron chi connectivity index (χ2n) is 12.3. The summed E-state index contributed by atoms with van der Waals surface area (Å²) in [4.78, 5) is 78.0. The number of primary amides is 1. The molecule has 4 aromatic carbocycles. The molecule has 260 valence electrons. The van der Waals surface area contributed by atoms with Gasteiger partial charge in [-0.1, -0.05) is 123 Å². The molecule has 0 saturated heterocycles. The molecule has 0 radical (unpaired) electrons. The summed E-state index contributed by atoms with van der Waals surface area (Å²) in [7, 11) is 0. The summed E-state index contributed by atoms with van der Waals surface area (Å²) in [6.07, 6.45) is 0.786. The Bertz CT molecular complexity index is 1810. The van der Waals surface area contributed by atoms with Crippen LogP contribution < -0.4 is 27.0 Å². The average Bonchev–Trinajstić information content (AvgIpc) is 3.12. The van der Waals surface area contributed by atoms with Gasteiger partial charge in [0.1, 0.15) is 12.1 Å². The number of carbonyl (C=O) groups excluding carboxylic acids is 6.